The van der Waals surface area contributed by atoms with Crippen LogP contribution in [0.1, 0.15) is 36.2 Å². The molecule has 1 aromatic carbocycles. The predicted octanol–water partition coefficient (Wildman–Crippen LogP) is 1.32. The number of amides is 1. The monoisotopic (exact) mass is 319 g/mol. The Hall–Kier alpha value is -2.70. The van der Waals surface area contributed by atoms with Gasteiger partial charge < -0.3 is 10.3 Å². The summed E-state index contributed by atoms with van der Waals surface area (Å²) < 4.78 is 12.9. The number of aryl methyl sites for hydroxylation is 1. The zero-order valence-corrected chi connectivity index (χ0v) is 12.9. The minimum Gasteiger partial charge on any atom is -0.350 e. The quantitative estimate of drug-likeness (QED) is 0.775. The number of aromatic amines is 2. The topological polar surface area (TPSA) is 94.8 Å². The van der Waals surface area contributed by atoms with Crippen molar-refractivity contribution < 1.29 is 9.18 Å². The molecule has 23 heavy (non-hydrogen) atoms. The van der Waals surface area contributed by atoms with Crippen molar-refractivity contribution in [1.82, 2.24) is 15.3 Å². The van der Waals surface area contributed by atoms with Crippen LogP contribution in [0.15, 0.2) is 33.9 Å². The number of carbonyl (C=O) groups is 1. The summed E-state index contributed by atoms with van der Waals surface area (Å²) in [6, 6.07) is 5.62. The van der Waals surface area contributed by atoms with Crippen molar-refractivity contribution in [1.29, 1.82) is 0 Å². The Labute approximate surface area is 131 Å². The maximum atomic E-state index is 12.9. The SMILES string of the molecule is Cc1[nH]c(=O)[nH]c(=O)c1CCC(=O)NC(C)c1ccc(F)cc1. The predicted molar refractivity (Wildman–Crippen MR) is 83.7 cm³/mol. The number of carbonyl (C=O) groups excluding carboxylic acids is 1. The molecule has 0 saturated carbocycles. The van der Waals surface area contributed by atoms with E-state index in [2.05, 4.69) is 15.3 Å². The third-order valence-electron chi connectivity index (χ3n) is 3.60. The van der Waals surface area contributed by atoms with Gasteiger partial charge in [-0.25, -0.2) is 9.18 Å². The zero-order chi connectivity index (χ0) is 17.0. The van der Waals surface area contributed by atoms with E-state index in [9.17, 15) is 18.8 Å². The molecule has 0 bridgehead atoms. The Morgan fingerprint density at radius 1 is 1.22 bits per heavy atom. The van der Waals surface area contributed by atoms with E-state index in [1.807, 2.05) is 0 Å². The van der Waals surface area contributed by atoms with E-state index < -0.39 is 11.2 Å². The molecule has 3 N–H and O–H groups in total. The van der Waals surface area contributed by atoms with Crippen LogP contribution in [-0.4, -0.2) is 15.9 Å². The summed E-state index contributed by atoms with van der Waals surface area (Å²) in [5.74, 6) is -0.563. The lowest BCUT2D eigenvalue weighted by Crippen LogP contribution is -2.30. The number of rotatable bonds is 5. The van der Waals surface area contributed by atoms with Gasteiger partial charge in [0.1, 0.15) is 5.82 Å². The smallest absolute Gasteiger partial charge is 0.325 e. The molecule has 7 heteroatoms. The number of hydrogen-bond donors (Lipinski definition) is 3. The molecule has 0 aliphatic heterocycles. The number of benzene rings is 1. The molecule has 0 fully saturated rings. The number of aromatic nitrogens is 2. The molecule has 6 nitrogen and oxygen atoms in total. The van der Waals surface area contributed by atoms with Crippen LogP contribution in [0.25, 0.3) is 0 Å². The van der Waals surface area contributed by atoms with Crippen LogP contribution in [0.2, 0.25) is 0 Å². The van der Waals surface area contributed by atoms with Gasteiger partial charge in [-0.1, -0.05) is 12.1 Å². The molecule has 2 aromatic rings. The van der Waals surface area contributed by atoms with Gasteiger partial charge in [0.05, 0.1) is 6.04 Å². The van der Waals surface area contributed by atoms with E-state index in [1.165, 1.54) is 12.1 Å². The average molecular weight is 319 g/mol. The molecule has 0 aliphatic rings. The molecule has 0 spiro atoms. The fourth-order valence-electron chi connectivity index (χ4n) is 2.31. The van der Waals surface area contributed by atoms with Gasteiger partial charge >= 0.3 is 5.69 Å². The summed E-state index contributed by atoms with van der Waals surface area (Å²) >= 11 is 0. The molecule has 1 amide bonds. The van der Waals surface area contributed by atoms with E-state index in [0.717, 1.165) is 5.56 Å². The second-order valence-corrected chi connectivity index (χ2v) is 5.35. The Morgan fingerprint density at radius 2 is 1.87 bits per heavy atom. The molecule has 2 rings (SSSR count). The largest absolute Gasteiger partial charge is 0.350 e. The van der Waals surface area contributed by atoms with Crippen LogP contribution in [0.3, 0.4) is 0 Å². The summed E-state index contributed by atoms with van der Waals surface area (Å²) in [7, 11) is 0. The Bertz CT molecular complexity index is 809. The highest BCUT2D eigenvalue weighted by atomic mass is 19.1. The summed E-state index contributed by atoms with van der Waals surface area (Å²) in [6.07, 6.45) is 0.335. The van der Waals surface area contributed by atoms with Gasteiger partial charge in [0.15, 0.2) is 0 Å². The Balaban J connectivity index is 1.96. The molecule has 1 aromatic heterocycles. The van der Waals surface area contributed by atoms with Gasteiger partial charge in [0.2, 0.25) is 5.91 Å². The third kappa shape index (κ3) is 4.38. The van der Waals surface area contributed by atoms with Crippen molar-refractivity contribution in [2.24, 2.45) is 0 Å². The van der Waals surface area contributed by atoms with Crippen molar-refractivity contribution in [2.45, 2.75) is 32.7 Å². The standard InChI is InChI=1S/C16H18FN3O3/c1-9(11-3-5-12(17)6-4-11)18-14(21)8-7-13-10(2)19-16(23)20-15(13)22/h3-6,9H,7-8H2,1-2H3,(H,18,21)(H2,19,20,22,23). The second kappa shape index (κ2) is 7.04. The molecule has 122 valence electrons. The van der Waals surface area contributed by atoms with Crippen LogP contribution >= 0.6 is 0 Å². The van der Waals surface area contributed by atoms with E-state index >= 15 is 0 Å². The average Bonchev–Trinajstić information content (AvgIpc) is 2.46. The van der Waals surface area contributed by atoms with E-state index in [1.54, 1.807) is 26.0 Å². The normalized spacial score (nSPS) is 12.0. The van der Waals surface area contributed by atoms with Crippen LogP contribution in [0.4, 0.5) is 4.39 Å². The van der Waals surface area contributed by atoms with Crippen LogP contribution in [-0.2, 0) is 11.2 Å². The molecule has 0 aliphatic carbocycles. The van der Waals surface area contributed by atoms with Crippen molar-refractivity contribution >= 4 is 5.91 Å². The number of halogens is 1. The van der Waals surface area contributed by atoms with Crippen LogP contribution in [0, 0.1) is 12.7 Å². The minimum absolute atomic E-state index is 0.113. The molecular weight excluding hydrogens is 301 g/mol. The highest BCUT2D eigenvalue weighted by Crippen LogP contribution is 2.13. The summed E-state index contributed by atoms with van der Waals surface area (Å²) in [5.41, 5.74) is 0.585. The highest BCUT2D eigenvalue weighted by Gasteiger charge is 2.12. The van der Waals surface area contributed by atoms with Crippen molar-refractivity contribution in [3.05, 3.63) is 67.7 Å². The Morgan fingerprint density at radius 3 is 2.48 bits per heavy atom. The molecule has 0 radical (unpaired) electrons. The van der Waals surface area contributed by atoms with Gasteiger partial charge in [0, 0.05) is 17.7 Å². The van der Waals surface area contributed by atoms with E-state index in [0.29, 0.717) is 11.3 Å². The van der Waals surface area contributed by atoms with E-state index in [-0.39, 0.29) is 30.6 Å². The maximum Gasteiger partial charge on any atom is 0.325 e. The first-order valence-electron chi connectivity index (χ1n) is 7.23. The summed E-state index contributed by atoms with van der Waals surface area (Å²) in [5, 5.41) is 2.79. The Kier molecular flexibility index (Phi) is 5.10. The van der Waals surface area contributed by atoms with Crippen molar-refractivity contribution in [3.63, 3.8) is 0 Å². The van der Waals surface area contributed by atoms with E-state index in [4.69, 9.17) is 0 Å². The van der Waals surface area contributed by atoms with Gasteiger partial charge in [-0.05, 0) is 38.0 Å². The second-order valence-electron chi connectivity index (χ2n) is 5.35. The van der Waals surface area contributed by atoms with Gasteiger partial charge in [0.25, 0.3) is 5.56 Å². The maximum absolute atomic E-state index is 12.9. The lowest BCUT2D eigenvalue weighted by molar-refractivity contribution is -0.121. The van der Waals surface area contributed by atoms with Crippen molar-refractivity contribution in [3.8, 4) is 0 Å². The lowest BCUT2D eigenvalue weighted by atomic mass is 10.1. The van der Waals surface area contributed by atoms with Crippen LogP contribution < -0.4 is 16.6 Å². The number of hydrogen-bond acceptors (Lipinski definition) is 3. The highest BCUT2D eigenvalue weighted by molar-refractivity contribution is 5.76. The third-order valence-corrected chi connectivity index (χ3v) is 3.60. The molecular formula is C16H18FN3O3. The van der Waals surface area contributed by atoms with Gasteiger partial charge in [-0.3, -0.25) is 14.6 Å². The molecule has 1 heterocycles. The summed E-state index contributed by atoms with van der Waals surface area (Å²) in [4.78, 5) is 39.4. The zero-order valence-electron chi connectivity index (χ0n) is 12.9. The first kappa shape index (κ1) is 16.7. The number of H-pyrrole nitrogens is 2. The molecule has 1 unspecified atom stereocenters. The fraction of sp³-hybridized carbons (Fsp3) is 0.312. The van der Waals surface area contributed by atoms with Crippen molar-refractivity contribution in [2.75, 3.05) is 0 Å². The van der Waals surface area contributed by atoms with Crippen LogP contribution in [0.5, 0.6) is 0 Å². The minimum atomic E-state index is -0.564. The first-order valence-corrected chi connectivity index (χ1v) is 7.23. The fourth-order valence-corrected chi connectivity index (χ4v) is 2.31. The van der Waals surface area contributed by atoms with Gasteiger partial charge in [-0.2, -0.15) is 0 Å². The summed E-state index contributed by atoms with van der Waals surface area (Å²) in [6.45, 7) is 3.41. The molecule has 1 atom stereocenters. The molecule has 0 saturated heterocycles. The first-order chi connectivity index (χ1) is 10.9. The number of nitrogens with one attached hydrogen (secondary N) is 3. The van der Waals surface area contributed by atoms with Gasteiger partial charge in [-0.15, -0.1) is 0 Å². The lowest BCUT2D eigenvalue weighted by Gasteiger charge is -2.14.